The van der Waals surface area contributed by atoms with Crippen molar-refractivity contribution in [2.75, 3.05) is 0 Å². The molecular weight excluding hydrogens is 1190 g/mol. The molecule has 4 heteroatoms. The molecular formula is C94H62N4. The standard InChI is InChI=1S/C94H62N4/c1-7-24-66(25-8-1)87-61-88(67-26-9-2-10-27-67)96-92(95-87)70-48-44-64(45-49-70)73-53-57-82-80-39-20-22-41-84(80)94(86(82)60-73,77-36-17-6-18-37-77)78-54-50-65(51-55-78)71-30-23-31-74(58-71)90-62-89(97-91(98-90)69-28-11-3-12-29-69)68-46-42-63(43-47-68)72-52-56-81-79-38-19-21-40-83(79)93(85(81)59-72,75-32-13-4-14-33-75)76-34-15-5-16-35-76/h1-62H. The lowest BCUT2D eigenvalue weighted by atomic mass is 9.67. The maximum Gasteiger partial charge on any atom is 0.160 e. The van der Waals surface area contributed by atoms with E-state index in [1.165, 1.54) is 66.8 Å². The Labute approximate surface area is 571 Å². The van der Waals surface area contributed by atoms with Crippen molar-refractivity contribution in [1.82, 2.24) is 19.9 Å². The summed E-state index contributed by atoms with van der Waals surface area (Å²) in [6.07, 6.45) is 0. The van der Waals surface area contributed by atoms with Crippen LogP contribution in [0.25, 0.3) is 123 Å². The molecule has 0 fully saturated rings. The van der Waals surface area contributed by atoms with Gasteiger partial charge in [0.15, 0.2) is 11.6 Å². The predicted molar refractivity (Wildman–Crippen MR) is 401 cm³/mol. The molecule has 98 heavy (non-hydrogen) atoms. The van der Waals surface area contributed by atoms with Crippen LogP contribution in [0.3, 0.4) is 0 Å². The van der Waals surface area contributed by atoms with Gasteiger partial charge in [-0.3, -0.25) is 0 Å². The highest BCUT2D eigenvalue weighted by Gasteiger charge is 2.48. The minimum absolute atomic E-state index is 0.482. The molecule has 2 aliphatic rings. The Hall–Kier alpha value is -12.8. The van der Waals surface area contributed by atoms with E-state index in [4.69, 9.17) is 19.9 Å². The summed E-state index contributed by atoms with van der Waals surface area (Å²) in [5, 5.41) is 0. The molecule has 16 aromatic rings. The molecule has 458 valence electrons. The second-order valence-electron chi connectivity index (χ2n) is 25.5. The highest BCUT2D eigenvalue weighted by Crippen LogP contribution is 2.59. The van der Waals surface area contributed by atoms with Crippen LogP contribution in [0.4, 0.5) is 0 Å². The van der Waals surface area contributed by atoms with E-state index in [1.807, 2.05) is 18.2 Å². The Bertz CT molecular complexity index is 5530. The zero-order valence-electron chi connectivity index (χ0n) is 53.6. The monoisotopic (exact) mass is 1250 g/mol. The van der Waals surface area contributed by atoms with Gasteiger partial charge >= 0.3 is 0 Å². The second kappa shape index (κ2) is 24.2. The third-order valence-corrected chi connectivity index (χ3v) is 20.1. The van der Waals surface area contributed by atoms with E-state index in [9.17, 15) is 0 Å². The van der Waals surface area contributed by atoms with Gasteiger partial charge in [0.1, 0.15) is 0 Å². The highest BCUT2D eigenvalue weighted by molar-refractivity contribution is 5.91. The Kier molecular flexibility index (Phi) is 14.3. The lowest BCUT2D eigenvalue weighted by Crippen LogP contribution is -2.28. The Morgan fingerprint density at radius 2 is 0.418 bits per heavy atom. The van der Waals surface area contributed by atoms with E-state index in [2.05, 4.69) is 358 Å². The quantitative estimate of drug-likeness (QED) is 0.115. The van der Waals surface area contributed by atoms with Crippen LogP contribution in [-0.4, -0.2) is 19.9 Å². The van der Waals surface area contributed by atoms with Gasteiger partial charge in [-0.2, -0.15) is 0 Å². The number of benzene rings is 14. The van der Waals surface area contributed by atoms with Crippen molar-refractivity contribution in [3.05, 3.63) is 421 Å². The van der Waals surface area contributed by atoms with Gasteiger partial charge in [0.25, 0.3) is 0 Å². The normalized spacial score (nSPS) is 13.8. The molecule has 2 aliphatic carbocycles. The maximum absolute atomic E-state index is 5.32. The Balaban J connectivity index is 0.684. The highest BCUT2D eigenvalue weighted by atomic mass is 14.9. The Morgan fingerprint density at radius 1 is 0.153 bits per heavy atom. The van der Waals surface area contributed by atoms with Crippen LogP contribution in [0.5, 0.6) is 0 Å². The third-order valence-electron chi connectivity index (χ3n) is 20.1. The van der Waals surface area contributed by atoms with Gasteiger partial charge in [-0.05, 0) is 130 Å². The maximum atomic E-state index is 5.32. The van der Waals surface area contributed by atoms with Crippen molar-refractivity contribution in [3.8, 4) is 123 Å². The first-order chi connectivity index (χ1) is 48.5. The van der Waals surface area contributed by atoms with Crippen molar-refractivity contribution in [3.63, 3.8) is 0 Å². The zero-order chi connectivity index (χ0) is 65.0. The predicted octanol–water partition coefficient (Wildman–Crippen LogP) is 23.0. The van der Waals surface area contributed by atoms with Crippen molar-refractivity contribution in [1.29, 1.82) is 0 Å². The van der Waals surface area contributed by atoms with Gasteiger partial charge in [-0.15, -0.1) is 0 Å². The molecule has 18 rings (SSSR count). The summed E-state index contributed by atoms with van der Waals surface area (Å²) >= 11 is 0. The van der Waals surface area contributed by atoms with Crippen LogP contribution in [0.2, 0.25) is 0 Å². The van der Waals surface area contributed by atoms with E-state index >= 15 is 0 Å². The van der Waals surface area contributed by atoms with Crippen molar-refractivity contribution < 1.29 is 0 Å². The number of nitrogens with zero attached hydrogens (tertiary/aromatic N) is 4. The largest absolute Gasteiger partial charge is 0.228 e. The first-order valence-electron chi connectivity index (χ1n) is 33.6. The number of hydrogen-bond donors (Lipinski definition) is 0. The van der Waals surface area contributed by atoms with Crippen LogP contribution < -0.4 is 0 Å². The third kappa shape index (κ3) is 9.84. The van der Waals surface area contributed by atoms with E-state index in [-0.39, 0.29) is 0 Å². The summed E-state index contributed by atoms with van der Waals surface area (Å²) in [7, 11) is 0. The Morgan fingerprint density at radius 3 is 0.847 bits per heavy atom. The van der Waals surface area contributed by atoms with Crippen molar-refractivity contribution >= 4 is 0 Å². The minimum atomic E-state index is -0.614. The molecule has 0 saturated carbocycles. The average Bonchev–Trinajstić information content (AvgIpc) is 1.57. The zero-order valence-corrected chi connectivity index (χ0v) is 53.6. The summed E-state index contributed by atoms with van der Waals surface area (Å²) in [5.74, 6) is 1.36. The summed E-state index contributed by atoms with van der Waals surface area (Å²) in [5.41, 5.74) is 30.2. The van der Waals surface area contributed by atoms with Gasteiger partial charge in [-0.25, -0.2) is 19.9 Å². The fourth-order valence-corrected chi connectivity index (χ4v) is 15.5. The van der Waals surface area contributed by atoms with Crippen molar-refractivity contribution in [2.45, 2.75) is 10.8 Å². The summed E-state index contributed by atoms with van der Waals surface area (Å²) < 4.78 is 0. The lowest BCUT2D eigenvalue weighted by molar-refractivity contribution is 0.769. The van der Waals surface area contributed by atoms with Gasteiger partial charge < -0.3 is 0 Å². The smallest absolute Gasteiger partial charge is 0.160 e. The summed E-state index contributed by atoms with van der Waals surface area (Å²) in [6.45, 7) is 0. The first-order valence-corrected chi connectivity index (χ1v) is 33.6. The molecule has 0 bridgehead atoms. The van der Waals surface area contributed by atoms with E-state index in [0.717, 1.165) is 89.5 Å². The number of aromatic nitrogens is 4. The number of rotatable bonds is 13. The molecule has 0 N–H and O–H groups in total. The van der Waals surface area contributed by atoms with Crippen LogP contribution >= 0.6 is 0 Å². The molecule has 0 radical (unpaired) electrons. The van der Waals surface area contributed by atoms with Crippen LogP contribution in [-0.2, 0) is 10.8 Å². The molecule has 2 heterocycles. The average molecular weight is 1250 g/mol. The summed E-state index contributed by atoms with van der Waals surface area (Å²) in [6, 6.07) is 136. The molecule has 14 aromatic carbocycles. The topological polar surface area (TPSA) is 51.6 Å². The lowest BCUT2D eigenvalue weighted by Gasteiger charge is -2.34. The van der Waals surface area contributed by atoms with Crippen LogP contribution in [0, 0.1) is 0 Å². The van der Waals surface area contributed by atoms with Crippen molar-refractivity contribution in [2.24, 2.45) is 0 Å². The molecule has 0 amide bonds. The van der Waals surface area contributed by atoms with E-state index in [0.29, 0.717) is 11.6 Å². The number of fused-ring (bicyclic) bond motifs is 6. The summed E-state index contributed by atoms with van der Waals surface area (Å²) in [4.78, 5) is 20.9. The first kappa shape index (κ1) is 57.9. The van der Waals surface area contributed by atoms with Crippen LogP contribution in [0.15, 0.2) is 376 Å². The molecule has 4 nitrogen and oxygen atoms in total. The molecule has 2 aromatic heterocycles. The molecule has 0 spiro atoms. The minimum Gasteiger partial charge on any atom is -0.228 e. The van der Waals surface area contributed by atoms with Gasteiger partial charge in [-0.1, -0.05) is 346 Å². The molecule has 1 unspecified atom stereocenters. The molecule has 1 atom stereocenters. The fourth-order valence-electron chi connectivity index (χ4n) is 15.5. The SMILES string of the molecule is c1ccc(-c2cc(-c3ccccc3)nc(-c3ccc(-c4ccc5c(c4)C(c4ccccc4)(c4ccc(-c6cccc(-c7cc(-c8ccc(-c9ccc%10c(c9)C(c9ccccc9)(c9ccccc9)c9ccccc9-%10)cc8)nc(-c8ccccc8)n7)c6)cc4)c4ccccc4-5)cc3)n2)cc1. The van der Waals surface area contributed by atoms with Gasteiger partial charge in [0, 0.05) is 33.4 Å². The van der Waals surface area contributed by atoms with E-state index < -0.39 is 10.8 Å². The van der Waals surface area contributed by atoms with Gasteiger partial charge in [0.05, 0.1) is 33.6 Å². The molecule has 0 saturated heterocycles. The number of hydrogen-bond acceptors (Lipinski definition) is 4. The molecule has 0 aliphatic heterocycles. The fraction of sp³-hybridized carbons (Fsp3) is 0.0213. The van der Waals surface area contributed by atoms with E-state index in [1.54, 1.807) is 0 Å². The van der Waals surface area contributed by atoms with Crippen LogP contribution in [0.1, 0.15) is 44.5 Å². The second-order valence-corrected chi connectivity index (χ2v) is 25.5. The van der Waals surface area contributed by atoms with Gasteiger partial charge in [0.2, 0.25) is 0 Å².